The Balaban J connectivity index is 1.45. The molecule has 2 aliphatic heterocycles. The molecule has 3 heterocycles. The molecule has 5 rings (SSSR count). The van der Waals surface area contributed by atoms with Crippen molar-refractivity contribution in [1.82, 2.24) is 14.9 Å². The highest BCUT2D eigenvalue weighted by molar-refractivity contribution is 6.07. The highest BCUT2D eigenvalue weighted by atomic mass is 19.1. The summed E-state index contributed by atoms with van der Waals surface area (Å²) >= 11 is 0. The molecule has 2 amide bonds. The molecule has 1 saturated heterocycles. The first-order chi connectivity index (χ1) is 16.0. The van der Waals surface area contributed by atoms with E-state index in [-0.39, 0.29) is 0 Å². The normalized spacial score (nSPS) is 15.6. The number of carbonyl (C=O) groups is 1. The van der Waals surface area contributed by atoms with Gasteiger partial charge in [-0.05, 0) is 37.4 Å². The molecule has 10 heteroatoms. The Morgan fingerprint density at radius 1 is 1.06 bits per heavy atom. The quantitative estimate of drug-likeness (QED) is 0.559. The monoisotopic (exact) mass is 449 g/mol. The van der Waals surface area contributed by atoms with Crippen LogP contribution in [-0.2, 0) is 0 Å². The van der Waals surface area contributed by atoms with E-state index >= 15 is 0 Å². The minimum Gasteiger partial charge on any atom is -0.494 e. The molecule has 0 saturated carbocycles. The molecule has 0 spiro atoms. The third kappa shape index (κ3) is 4.24. The largest absolute Gasteiger partial charge is 0.494 e. The number of hydrogen-bond donors (Lipinski definition) is 3. The number of urea groups is 1. The number of amides is 2. The maximum atomic E-state index is 13.7. The molecule has 1 fully saturated rings. The Hall–Kier alpha value is -3.92. The second kappa shape index (κ2) is 8.55. The summed E-state index contributed by atoms with van der Waals surface area (Å²) in [6.45, 7) is 3.95. The fourth-order valence-electron chi connectivity index (χ4n) is 4.01. The van der Waals surface area contributed by atoms with Gasteiger partial charge in [-0.2, -0.15) is 0 Å². The van der Waals surface area contributed by atoms with Crippen LogP contribution in [0, 0.1) is 5.82 Å². The van der Waals surface area contributed by atoms with E-state index in [1.54, 1.807) is 13.2 Å². The molecule has 3 N–H and O–H groups in total. The van der Waals surface area contributed by atoms with Crippen molar-refractivity contribution in [3.8, 4) is 17.0 Å². The van der Waals surface area contributed by atoms with Crippen LogP contribution in [0.5, 0.6) is 5.75 Å². The van der Waals surface area contributed by atoms with Crippen LogP contribution in [0.15, 0.2) is 42.6 Å². The van der Waals surface area contributed by atoms with Crippen LogP contribution in [-0.4, -0.2) is 61.2 Å². The number of anilines is 5. The van der Waals surface area contributed by atoms with E-state index in [0.717, 1.165) is 31.9 Å². The smallest absolute Gasteiger partial charge is 0.323 e. The Morgan fingerprint density at radius 2 is 1.85 bits per heavy atom. The zero-order valence-electron chi connectivity index (χ0n) is 18.4. The maximum Gasteiger partial charge on any atom is 0.323 e. The fourth-order valence-corrected chi connectivity index (χ4v) is 4.01. The van der Waals surface area contributed by atoms with Gasteiger partial charge in [0.15, 0.2) is 0 Å². The summed E-state index contributed by atoms with van der Waals surface area (Å²) in [5, 5.41) is 8.53. The van der Waals surface area contributed by atoms with Crippen molar-refractivity contribution in [2.45, 2.75) is 0 Å². The van der Waals surface area contributed by atoms with E-state index in [2.05, 4.69) is 42.8 Å². The number of fused-ring (bicyclic) bond motifs is 3. The van der Waals surface area contributed by atoms with Crippen molar-refractivity contribution in [3.63, 3.8) is 0 Å². The van der Waals surface area contributed by atoms with Gasteiger partial charge in [0.05, 0.1) is 30.4 Å². The minimum absolute atomic E-state index is 0.325. The Labute approximate surface area is 190 Å². The Kier molecular flexibility index (Phi) is 5.43. The van der Waals surface area contributed by atoms with Gasteiger partial charge >= 0.3 is 6.03 Å². The van der Waals surface area contributed by atoms with E-state index in [4.69, 9.17) is 4.74 Å². The zero-order valence-corrected chi connectivity index (χ0v) is 18.4. The van der Waals surface area contributed by atoms with Crippen LogP contribution in [0.1, 0.15) is 0 Å². The third-order valence-electron chi connectivity index (χ3n) is 5.82. The molecule has 0 atom stereocenters. The number of piperazine rings is 1. The van der Waals surface area contributed by atoms with Gasteiger partial charge in [0, 0.05) is 43.5 Å². The number of rotatable bonds is 4. The first kappa shape index (κ1) is 21.0. The second-order valence-corrected chi connectivity index (χ2v) is 8.02. The first-order valence-electron chi connectivity index (χ1n) is 10.6. The molecule has 0 bridgehead atoms. The second-order valence-electron chi connectivity index (χ2n) is 8.02. The zero-order chi connectivity index (χ0) is 22.9. The third-order valence-corrected chi connectivity index (χ3v) is 5.82. The Morgan fingerprint density at radius 3 is 2.64 bits per heavy atom. The predicted octanol–water partition coefficient (Wildman–Crippen LogP) is 3.74. The van der Waals surface area contributed by atoms with Gasteiger partial charge < -0.3 is 30.5 Å². The topological polar surface area (TPSA) is 94.7 Å². The van der Waals surface area contributed by atoms with Crippen LogP contribution in [0.4, 0.5) is 37.9 Å². The Bertz CT molecular complexity index is 1210. The number of nitrogens with zero attached hydrogens (tertiary/aromatic N) is 4. The molecular weight excluding hydrogens is 425 g/mol. The number of benzene rings is 2. The van der Waals surface area contributed by atoms with Crippen LogP contribution in [0.2, 0.25) is 0 Å². The van der Waals surface area contributed by atoms with Gasteiger partial charge in [0.25, 0.3) is 0 Å². The summed E-state index contributed by atoms with van der Waals surface area (Å²) in [5.41, 5.74) is 3.65. The van der Waals surface area contributed by atoms with Crippen LogP contribution in [0.3, 0.4) is 0 Å². The molecule has 0 radical (unpaired) electrons. The van der Waals surface area contributed by atoms with E-state index in [9.17, 15) is 9.18 Å². The molecule has 33 heavy (non-hydrogen) atoms. The average molecular weight is 449 g/mol. The molecule has 2 aromatic carbocycles. The number of likely N-dealkylation sites (N-methyl/N-ethyl adjacent to an activating group) is 1. The number of methoxy groups -OCH3 is 1. The molecule has 2 aliphatic rings. The van der Waals surface area contributed by atoms with Crippen molar-refractivity contribution < 1.29 is 13.9 Å². The van der Waals surface area contributed by atoms with Crippen molar-refractivity contribution in [1.29, 1.82) is 0 Å². The van der Waals surface area contributed by atoms with Gasteiger partial charge in [0.2, 0.25) is 5.95 Å². The fraction of sp³-hybridized carbons (Fsp3) is 0.261. The summed E-state index contributed by atoms with van der Waals surface area (Å²) in [4.78, 5) is 25.7. The minimum atomic E-state index is -0.480. The van der Waals surface area contributed by atoms with Crippen molar-refractivity contribution in [3.05, 3.63) is 48.4 Å². The van der Waals surface area contributed by atoms with Crippen molar-refractivity contribution in [2.75, 3.05) is 61.2 Å². The summed E-state index contributed by atoms with van der Waals surface area (Å²) < 4.78 is 19.4. The number of nitrogens with one attached hydrogen (secondary N) is 3. The average Bonchev–Trinajstić information content (AvgIpc) is 2.94. The lowest BCUT2D eigenvalue weighted by Crippen LogP contribution is -2.44. The number of carbonyl (C=O) groups excluding carboxylic acids is 1. The lowest BCUT2D eigenvalue weighted by molar-refractivity contribution is 0.262. The summed E-state index contributed by atoms with van der Waals surface area (Å²) in [5.74, 6) is 0.545. The summed E-state index contributed by atoms with van der Waals surface area (Å²) in [6, 6.07) is 9.68. The van der Waals surface area contributed by atoms with Gasteiger partial charge in [-0.25, -0.2) is 19.2 Å². The van der Waals surface area contributed by atoms with Crippen LogP contribution < -0.4 is 25.6 Å². The molecular formula is C23H24FN7O2. The van der Waals surface area contributed by atoms with E-state index in [1.165, 1.54) is 18.3 Å². The van der Waals surface area contributed by atoms with E-state index < -0.39 is 11.8 Å². The van der Waals surface area contributed by atoms with Crippen LogP contribution >= 0.6 is 0 Å². The summed E-state index contributed by atoms with van der Waals surface area (Å²) in [7, 11) is 3.75. The number of aromatic nitrogens is 2. The van der Waals surface area contributed by atoms with Crippen molar-refractivity contribution >= 4 is 34.7 Å². The number of halogens is 1. The SMILES string of the molecule is COc1cc(N2CCN(C)CC2)ccc1Nc1ncc2c(n1)-c1ccc(F)cc1NC(=O)N2. The molecule has 9 nitrogen and oxygen atoms in total. The highest BCUT2D eigenvalue weighted by Gasteiger charge is 2.22. The van der Waals surface area contributed by atoms with Gasteiger partial charge in [-0.1, -0.05) is 0 Å². The molecule has 0 unspecified atom stereocenters. The highest BCUT2D eigenvalue weighted by Crippen LogP contribution is 2.37. The van der Waals surface area contributed by atoms with Gasteiger partial charge in [0.1, 0.15) is 17.3 Å². The van der Waals surface area contributed by atoms with Crippen LogP contribution in [0.25, 0.3) is 11.3 Å². The van der Waals surface area contributed by atoms with Crippen molar-refractivity contribution in [2.24, 2.45) is 0 Å². The molecule has 3 aromatic rings. The van der Waals surface area contributed by atoms with E-state index in [0.29, 0.717) is 40.0 Å². The van der Waals surface area contributed by atoms with Gasteiger partial charge in [-0.3, -0.25) is 0 Å². The molecule has 1 aromatic heterocycles. The summed E-state index contributed by atoms with van der Waals surface area (Å²) in [6.07, 6.45) is 1.52. The molecule has 170 valence electrons. The lowest BCUT2D eigenvalue weighted by atomic mass is 10.1. The predicted molar refractivity (Wildman–Crippen MR) is 126 cm³/mol. The number of ether oxygens (including phenoxy) is 1. The van der Waals surface area contributed by atoms with E-state index in [1.807, 2.05) is 18.2 Å². The van der Waals surface area contributed by atoms with Gasteiger partial charge in [-0.15, -0.1) is 0 Å². The standard InChI is InChI=1S/C23H24FN7O2/c1-30-7-9-31(10-8-30)15-4-6-17(20(12-15)33-2)26-22-25-13-19-21(29-22)16-5-3-14(24)11-18(16)27-23(32)28-19/h3-6,11-13H,7-10H2,1-2H3,(H,25,26,29)(H2,27,28,32). The maximum absolute atomic E-state index is 13.7. The first-order valence-corrected chi connectivity index (χ1v) is 10.6. The number of hydrogen-bond acceptors (Lipinski definition) is 7. The lowest BCUT2D eigenvalue weighted by Gasteiger charge is -2.34. The molecule has 0 aliphatic carbocycles.